The third kappa shape index (κ3) is 5.22. The standard InChI is InChI=1S/C21H21F3N2O4/c1-2-29-17-5-3-4-6-18(17)30-16-8-7-13(21(22,23)24)11-15(16)20(28)26-14-9-10-25-19(27)12-14/h3-8,11,14H,2,9-10,12H2,1H3,(H,25,27)(H,26,28). The molecule has 2 amide bonds. The van der Waals surface area contributed by atoms with E-state index in [0.717, 1.165) is 18.2 Å². The Balaban J connectivity index is 1.92. The molecule has 0 saturated carbocycles. The molecule has 0 aromatic heterocycles. The first-order valence-corrected chi connectivity index (χ1v) is 9.46. The second-order valence-electron chi connectivity index (χ2n) is 6.70. The van der Waals surface area contributed by atoms with Gasteiger partial charge in [0.2, 0.25) is 5.91 Å². The van der Waals surface area contributed by atoms with Crippen LogP contribution in [0.5, 0.6) is 17.2 Å². The molecule has 1 aliphatic heterocycles. The van der Waals surface area contributed by atoms with Gasteiger partial charge >= 0.3 is 6.18 Å². The Labute approximate surface area is 171 Å². The van der Waals surface area contributed by atoms with E-state index in [2.05, 4.69) is 10.6 Å². The molecule has 3 rings (SSSR count). The lowest BCUT2D eigenvalue weighted by molar-refractivity contribution is -0.137. The fraction of sp³-hybridized carbons (Fsp3) is 0.333. The van der Waals surface area contributed by atoms with Crippen molar-refractivity contribution in [2.24, 2.45) is 0 Å². The summed E-state index contributed by atoms with van der Waals surface area (Å²) in [6.45, 7) is 2.54. The first-order valence-electron chi connectivity index (χ1n) is 9.46. The van der Waals surface area contributed by atoms with Gasteiger partial charge in [-0.1, -0.05) is 12.1 Å². The number of amides is 2. The zero-order valence-electron chi connectivity index (χ0n) is 16.2. The minimum atomic E-state index is -4.62. The van der Waals surface area contributed by atoms with Crippen LogP contribution in [0.3, 0.4) is 0 Å². The summed E-state index contributed by atoms with van der Waals surface area (Å²) in [5.74, 6) is -0.351. The number of carbonyl (C=O) groups excluding carboxylic acids is 2. The van der Waals surface area contributed by atoms with Gasteiger partial charge in [0.05, 0.1) is 17.7 Å². The van der Waals surface area contributed by atoms with Crippen molar-refractivity contribution in [3.63, 3.8) is 0 Å². The van der Waals surface area contributed by atoms with Gasteiger partial charge in [0.15, 0.2) is 11.5 Å². The maximum Gasteiger partial charge on any atom is 0.416 e. The molecule has 1 fully saturated rings. The maximum absolute atomic E-state index is 13.2. The number of hydrogen-bond donors (Lipinski definition) is 2. The molecule has 2 aromatic rings. The third-order valence-corrected chi connectivity index (χ3v) is 4.50. The Kier molecular flexibility index (Phi) is 6.49. The van der Waals surface area contributed by atoms with E-state index in [1.54, 1.807) is 31.2 Å². The second kappa shape index (κ2) is 9.06. The van der Waals surface area contributed by atoms with Crippen LogP contribution in [-0.2, 0) is 11.0 Å². The molecule has 1 heterocycles. The minimum absolute atomic E-state index is 0.0482. The quantitative estimate of drug-likeness (QED) is 0.740. The number of carbonyl (C=O) groups is 2. The number of piperidine rings is 1. The van der Waals surface area contributed by atoms with Crippen LogP contribution < -0.4 is 20.1 Å². The van der Waals surface area contributed by atoms with E-state index in [1.807, 2.05) is 0 Å². The van der Waals surface area contributed by atoms with Crippen molar-refractivity contribution in [2.45, 2.75) is 32.0 Å². The van der Waals surface area contributed by atoms with Crippen molar-refractivity contribution in [2.75, 3.05) is 13.2 Å². The molecule has 1 unspecified atom stereocenters. The summed E-state index contributed by atoms with van der Waals surface area (Å²) >= 11 is 0. The molecule has 30 heavy (non-hydrogen) atoms. The first kappa shape index (κ1) is 21.5. The summed E-state index contributed by atoms with van der Waals surface area (Å²) in [5, 5.41) is 5.27. The molecule has 2 N–H and O–H groups in total. The Bertz CT molecular complexity index is 931. The van der Waals surface area contributed by atoms with E-state index < -0.39 is 23.7 Å². The van der Waals surface area contributed by atoms with Crippen LogP contribution in [-0.4, -0.2) is 31.0 Å². The average molecular weight is 422 g/mol. The molecule has 1 saturated heterocycles. The molecule has 1 atom stereocenters. The number of halogens is 3. The van der Waals surface area contributed by atoms with Gasteiger partial charge in [-0.3, -0.25) is 9.59 Å². The largest absolute Gasteiger partial charge is 0.490 e. The van der Waals surface area contributed by atoms with Gasteiger partial charge in [0.25, 0.3) is 5.91 Å². The number of ether oxygens (including phenoxy) is 2. The normalized spacial score (nSPS) is 16.5. The van der Waals surface area contributed by atoms with E-state index in [4.69, 9.17) is 9.47 Å². The van der Waals surface area contributed by atoms with Crippen LogP contribution in [0.25, 0.3) is 0 Å². The van der Waals surface area contributed by atoms with Crippen molar-refractivity contribution >= 4 is 11.8 Å². The highest BCUT2D eigenvalue weighted by atomic mass is 19.4. The number of nitrogens with one attached hydrogen (secondary N) is 2. The van der Waals surface area contributed by atoms with Crippen molar-refractivity contribution < 1.29 is 32.2 Å². The number of benzene rings is 2. The van der Waals surface area contributed by atoms with E-state index in [0.29, 0.717) is 25.3 Å². The molecule has 0 aliphatic carbocycles. The van der Waals surface area contributed by atoms with Crippen LogP contribution in [0.4, 0.5) is 13.2 Å². The molecule has 0 radical (unpaired) electrons. The van der Waals surface area contributed by atoms with Crippen molar-refractivity contribution in [1.29, 1.82) is 0 Å². The fourth-order valence-corrected chi connectivity index (χ4v) is 3.07. The SMILES string of the molecule is CCOc1ccccc1Oc1ccc(C(F)(F)F)cc1C(=O)NC1CCNC(=O)C1. The number of para-hydroxylation sites is 2. The lowest BCUT2D eigenvalue weighted by Crippen LogP contribution is -2.45. The van der Waals surface area contributed by atoms with Gasteiger partial charge in [-0.2, -0.15) is 13.2 Å². The molecule has 0 spiro atoms. The highest BCUT2D eigenvalue weighted by molar-refractivity contribution is 5.97. The Hall–Kier alpha value is -3.23. The molecule has 2 aromatic carbocycles. The number of hydrogen-bond acceptors (Lipinski definition) is 4. The van der Waals surface area contributed by atoms with Gasteiger partial charge in [-0.25, -0.2) is 0 Å². The molecule has 0 bridgehead atoms. The smallest absolute Gasteiger partial charge is 0.416 e. The van der Waals surface area contributed by atoms with Crippen molar-refractivity contribution in [1.82, 2.24) is 10.6 Å². The van der Waals surface area contributed by atoms with E-state index in [1.165, 1.54) is 0 Å². The van der Waals surface area contributed by atoms with Crippen LogP contribution in [0.1, 0.15) is 35.7 Å². The van der Waals surface area contributed by atoms with Gasteiger partial charge in [0, 0.05) is 19.0 Å². The lowest BCUT2D eigenvalue weighted by atomic mass is 10.0. The molecule has 9 heteroatoms. The third-order valence-electron chi connectivity index (χ3n) is 4.50. The van der Waals surface area contributed by atoms with Crippen molar-refractivity contribution in [3.8, 4) is 17.2 Å². The Morgan fingerprint density at radius 2 is 1.90 bits per heavy atom. The summed E-state index contributed by atoms with van der Waals surface area (Å²) in [6.07, 6.45) is -4.07. The molecular formula is C21H21F3N2O4. The fourth-order valence-electron chi connectivity index (χ4n) is 3.07. The molecular weight excluding hydrogens is 401 g/mol. The lowest BCUT2D eigenvalue weighted by Gasteiger charge is -2.24. The number of rotatable bonds is 6. The molecule has 1 aliphatic rings. The molecule has 160 valence electrons. The summed E-state index contributed by atoms with van der Waals surface area (Å²) in [5.41, 5.74) is -1.25. The minimum Gasteiger partial charge on any atom is -0.490 e. The van der Waals surface area contributed by atoms with Crippen LogP contribution >= 0.6 is 0 Å². The van der Waals surface area contributed by atoms with Gasteiger partial charge in [-0.15, -0.1) is 0 Å². The predicted octanol–water partition coefficient (Wildman–Crippen LogP) is 3.90. The monoisotopic (exact) mass is 422 g/mol. The second-order valence-corrected chi connectivity index (χ2v) is 6.70. The summed E-state index contributed by atoms with van der Waals surface area (Å²) in [6, 6.07) is 8.90. The van der Waals surface area contributed by atoms with Crippen molar-refractivity contribution in [3.05, 3.63) is 53.6 Å². The van der Waals surface area contributed by atoms with Gasteiger partial charge in [-0.05, 0) is 43.7 Å². The first-order chi connectivity index (χ1) is 14.3. The summed E-state index contributed by atoms with van der Waals surface area (Å²) in [7, 11) is 0. The average Bonchev–Trinajstić information content (AvgIpc) is 2.69. The van der Waals surface area contributed by atoms with Crippen LogP contribution in [0.15, 0.2) is 42.5 Å². The highest BCUT2D eigenvalue weighted by Gasteiger charge is 2.33. The van der Waals surface area contributed by atoms with Gasteiger partial charge < -0.3 is 20.1 Å². The van der Waals surface area contributed by atoms with E-state index in [-0.39, 0.29) is 29.4 Å². The Morgan fingerprint density at radius 3 is 2.57 bits per heavy atom. The van der Waals surface area contributed by atoms with Crippen LogP contribution in [0.2, 0.25) is 0 Å². The summed E-state index contributed by atoms with van der Waals surface area (Å²) in [4.78, 5) is 24.3. The van der Waals surface area contributed by atoms with Crippen LogP contribution in [0, 0.1) is 0 Å². The summed E-state index contributed by atoms with van der Waals surface area (Å²) < 4.78 is 50.9. The zero-order chi connectivity index (χ0) is 21.7. The van der Waals surface area contributed by atoms with E-state index >= 15 is 0 Å². The van der Waals surface area contributed by atoms with E-state index in [9.17, 15) is 22.8 Å². The number of alkyl halides is 3. The topological polar surface area (TPSA) is 76.7 Å². The molecule has 6 nitrogen and oxygen atoms in total. The van der Waals surface area contributed by atoms with Gasteiger partial charge in [0.1, 0.15) is 5.75 Å². The highest BCUT2D eigenvalue weighted by Crippen LogP contribution is 2.36. The Morgan fingerprint density at radius 1 is 1.17 bits per heavy atom. The predicted molar refractivity (Wildman–Crippen MR) is 103 cm³/mol. The maximum atomic E-state index is 13.2. The zero-order valence-corrected chi connectivity index (χ0v) is 16.2.